The van der Waals surface area contributed by atoms with Gasteiger partial charge in [-0.3, -0.25) is 19.4 Å². The molecule has 3 atom stereocenters. The van der Waals surface area contributed by atoms with Crippen molar-refractivity contribution in [2.24, 2.45) is 13.0 Å². The summed E-state index contributed by atoms with van der Waals surface area (Å²) in [5, 5.41) is 33.9. The number of hydrogen-bond donors (Lipinski definition) is 3. The highest BCUT2D eigenvalue weighted by Gasteiger charge is 2.63. The van der Waals surface area contributed by atoms with Crippen LogP contribution in [0.3, 0.4) is 0 Å². The number of carboxylic acid groups (broad SMARTS) is 1. The molecule has 3 aliphatic heterocycles. The highest BCUT2D eigenvalue weighted by Crippen LogP contribution is 2.49. The van der Waals surface area contributed by atoms with E-state index >= 15 is 0 Å². The van der Waals surface area contributed by atoms with Crippen molar-refractivity contribution in [2.45, 2.75) is 23.7 Å². The van der Waals surface area contributed by atoms with E-state index in [0.29, 0.717) is 35.1 Å². The predicted molar refractivity (Wildman–Crippen MR) is 115 cm³/mol. The van der Waals surface area contributed by atoms with E-state index in [1.54, 1.807) is 19.2 Å². The summed E-state index contributed by atoms with van der Waals surface area (Å²) in [7, 11) is 1.71. The number of carbonyl (C=O) groups is 3. The number of anilines is 1. The molecule has 1 unspecified atom stereocenters. The monoisotopic (exact) mass is 471 g/mol. The Hall–Kier alpha value is -3.45. The molecule has 2 fully saturated rings. The lowest BCUT2D eigenvalue weighted by Crippen LogP contribution is -2.73. The number of likely N-dealkylation sites (tertiary alicyclic amines) is 1. The number of amides is 2. The number of phenols is 1. The molecule has 3 N–H and O–H groups in total. The highest BCUT2D eigenvalue weighted by molar-refractivity contribution is 7.99. The molecule has 12 nitrogen and oxygen atoms in total. The number of tetrazole rings is 1. The number of β-lactam (4-membered cyclic amide) rings is 1. The van der Waals surface area contributed by atoms with Gasteiger partial charge in [-0.15, -0.1) is 5.10 Å². The number of hydrogen-bond acceptors (Lipinski definition) is 9. The van der Waals surface area contributed by atoms with Crippen LogP contribution in [0.25, 0.3) is 0 Å². The van der Waals surface area contributed by atoms with Gasteiger partial charge in [0.15, 0.2) is 0 Å². The van der Waals surface area contributed by atoms with Crippen molar-refractivity contribution < 1.29 is 24.6 Å². The third-order valence-electron chi connectivity index (χ3n) is 6.28. The van der Waals surface area contributed by atoms with Gasteiger partial charge in [-0.05, 0) is 46.7 Å². The topological polar surface area (TPSA) is 154 Å². The Morgan fingerprint density at radius 2 is 2.03 bits per heavy atom. The Kier molecular flexibility index (Phi) is 5.29. The molecule has 33 heavy (non-hydrogen) atoms. The van der Waals surface area contributed by atoms with E-state index in [1.807, 2.05) is 4.90 Å². The minimum absolute atomic E-state index is 0.0193. The maximum Gasteiger partial charge on any atom is 0.352 e. The van der Waals surface area contributed by atoms with Crippen molar-refractivity contribution >= 4 is 35.2 Å². The zero-order valence-electron chi connectivity index (χ0n) is 17.6. The molecular formula is C20H21N7O5S. The van der Waals surface area contributed by atoms with Crippen molar-refractivity contribution in [1.82, 2.24) is 30.0 Å². The molecule has 5 rings (SSSR count). The highest BCUT2D eigenvalue weighted by atomic mass is 32.2. The number of carbonyl (C=O) groups excluding carboxylic acids is 2. The number of piperidine rings is 1. The van der Waals surface area contributed by atoms with E-state index in [2.05, 4.69) is 20.8 Å². The number of carboxylic acids is 1. The molecule has 3 aliphatic rings. The SMILES string of the molecule is Cn1nnnc1SCC1=C(C(=O)O)N2C(=O)[C@@H]3[C@H]2C1CCN3CC(=O)Nc1ccc(O)cc1. The Labute approximate surface area is 192 Å². The molecule has 0 saturated carbocycles. The average molecular weight is 471 g/mol. The Balaban J connectivity index is 1.30. The molecule has 0 aliphatic carbocycles. The van der Waals surface area contributed by atoms with Crippen molar-refractivity contribution in [3.63, 3.8) is 0 Å². The molecule has 2 saturated heterocycles. The van der Waals surface area contributed by atoms with Gasteiger partial charge in [0, 0.05) is 31.0 Å². The van der Waals surface area contributed by atoms with Crippen molar-refractivity contribution in [2.75, 3.05) is 24.2 Å². The van der Waals surface area contributed by atoms with Gasteiger partial charge in [-0.2, -0.15) is 0 Å². The lowest BCUT2D eigenvalue weighted by molar-refractivity contribution is -0.163. The summed E-state index contributed by atoms with van der Waals surface area (Å²) < 4.78 is 1.51. The first-order valence-corrected chi connectivity index (χ1v) is 11.3. The fourth-order valence-corrected chi connectivity index (χ4v) is 5.81. The lowest BCUT2D eigenvalue weighted by atomic mass is 9.78. The van der Waals surface area contributed by atoms with Gasteiger partial charge in [0.25, 0.3) is 0 Å². The van der Waals surface area contributed by atoms with Crippen LogP contribution in [-0.4, -0.2) is 88.9 Å². The van der Waals surface area contributed by atoms with Crippen LogP contribution >= 0.6 is 11.8 Å². The first-order valence-electron chi connectivity index (χ1n) is 10.3. The van der Waals surface area contributed by atoms with Crippen molar-refractivity contribution in [3.8, 4) is 5.75 Å². The van der Waals surface area contributed by atoms with Gasteiger partial charge in [-0.1, -0.05) is 11.8 Å². The fourth-order valence-electron chi connectivity index (χ4n) is 4.86. The molecule has 2 aromatic rings. The number of benzene rings is 1. The summed E-state index contributed by atoms with van der Waals surface area (Å²) in [6.45, 7) is 0.520. The summed E-state index contributed by atoms with van der Waals surface area (Å²) >= 11 is 1.34. The number of aryl methyl sites for hydroxylation is 1. The molecule has 2 amide bonds. The summed E-state index contributed by atoms with van der Waals surface area (Å²) in [6.07, 6.45) is 0.640. The molecule has 13 heteroatoms. The van der Waals surface area contributed by atoms with Crippen LogP contribution in [0.5, 0.6) is 5.75 Å². The number of aromatic hydroxyl groups is 1. The predicted octanol–water partition coefficient (Wildman–Crippen LogP) is -0.0999. The van der Waals surface area contributed by atoms with E-state index in [0.717, 1.165) is 0 Å². The Bertz CT molecular complexity index is 1160. The molecule has 0 radical (unpaired) electrons. The maximum atomic E-state index is 13.0. The number of aromatic nitrogens is 4. The molecule has 4 heterocycles. The zero-order valence-corrected chi connectivity index (χ0v) is 18.4. The summed E-state index contributed by atoms with van der Waals surface area (Å²) in [5.74, 6) is -1.30. The second-order valence-corrected chi connectivity index (χ2v) is 9.10. The number of aliphatic carboxylic acids is 1. The standard InChI is InChI=1S/C20H21N7O5S/c1-25-20(22-23-24-25)33-9-13-12-6-7-26(8-14(29)21-10-2-4-11(28)5-3-10)17-15(12)27(18(17)30)16(13)19(31)32/h2-5,12,15,17,28H,6-9H2,1H3,(H,21,29)(H,31,32)/t12?,15-,17+/m1/s1. The normalized spacial score (nSPS) is 24.0. The van der Waals surface area contributed by atoms with Crippen molar-refractivity contribution in [1.29, 1.82) is 0 Å². The van der Waals surface area contributed by atoms with Crippen LogP contribution in [0.2, 0.25) is 0 Å². The first-order chi connectivity index (χ1) is 15.8. The van der Waals surface area contributed by atoms with Crippen LogP contribution < -0.4 is 5.32 Å². The van der Waals surface area contributed by atoms with Crippen LogP contribution in [0.4, 0.5) is 5.69 Å². The van der Waals surface area contributed by atoms with E-state index in [9.17, 15) is 24.6 Å². The van der Waals surface area contributed by atoms with Gasteiger partial charge in [0.05, 0.1) is 12.6 Å². The number of nitrogens with zero attached hydrogens (tertiary/aromatic N) is 6. The van der Waals surface area contributed by atoms with E-state index < -0.39 is 12.0 Å². The first kappa shape index (κ1) is 21.4. The molecule has 172 valence electrons. The van der Waals surface area contributed by atoms with Gasteiger partial charge in [-0.25, -0.2) is 9.48 Å². The summed E-state index contributed by atoms with van der Waals surface area (Å²) in [4.78, 5) is 40.8. The quantitative estimate of drug-likeness (QED) is 0.283. The van der Waals surface area contributed by atoms with E-state index in [-0.39, 0.29) is 41.8 Å². The maximum absolute atomic E-state index is 13.0. The molecule has 1 aromatic heterocycles. The minimum Gasteiger partial charge on any atom is -0.508 e. The Morgan fingerprint density at radius 3 is 2.70 bits per heavy atom. The van der Waals surface area contributed by atoms with Gasteiger partial charge in [0.2, 0.25) is 17.0 Å². The van der Waals surface area contributed by atoms with Crippen LogP contribution in [0, 0.1) is 5.92 Å². The third kappa shape index (κ3) is 3.62. The molecular weight excluding hydrogens is 450 g/mol. The van der Waals surface area contributed by atoms with E-state index in [4.69, 9.17) is 0 Å². The Morgan fingerprint density at radius 1 is 1.27 bits per heavy atom. The number of nitrogens with one attached hydrogen (secondary N) is 1. The largest absolute Gasteiger partial charge is 0.508 e. The number of thioether (sulfide) groups is 1. The van der Waals surface area contributed by atoms with Gasteiger partial charge >= 0.3 is 5.97 Å². The molecule has 1 aromatic carbocycles. The molecule has 0 bridgehead atoms. The van der Waals surface area contributed by atoms with Gasteiger partial charge < -0.3 is 15.5 Å². The minimum atomic E-state index is -1.13. The summed E-state index contributed by atoms with van der Waals surface area (Å²) in [5.41, 5.74) is 1.30. The van der Waals surface area contributed by atoms with Crippen LogP contribution in [0.1, 0.15) is 6.42 Å². The smallest absolute Gasteiger partial charge is 0.352 e. The third-order valence-corrected chi connectivity index (χ3v) is 7.34. The average Bonchev–Trinajstić information content (AvgIpc) is 3.32. The van der Waals surface area contributed by atoms with Gasteiger partial charge in [0.1, 0.15) is 17.5 Å². The number of rotatable bonds is 7. The van der Waals surface area contributed by atoms with Crippen LogP contribution in [-0.2, 0) is 21.4 Å². The number of phenolic OH excluding ortho intramolecular Hbond substituents is 1. The van der Waals surface area contributed by atoms with Crippen molar-refractivity contribution in [3.05, 3.63) is 35.5 Å². The second-order valence-electron chi connectivity index (χ2n) is 8.16. The second kappa shape index (κ2) is 8.15. The van der Waals surface area contributed by atoms with E-state index in [1.165, 1.54) is 33.5 Å². The lowest BCUT2D eigenvalue weighted by Gasteiger charge is -2.53. The molecule has 0 spiro atoms. The zero-order chi connectivity index (χ0) is 23.3. The van der Waals surface area contributed by atoms with Crippen LogP contribution in [0.15, 0.2) is 40.7 Å². The summed E-state index contributed by atoms with van der Waals surface area (Å²) in [6, 6.07) is 5.32. The fraction of sp³-hybridized carbons (Fsp3) is 0.400.